The van der Waals surface area contributed by atoms with E-state index in [4.69, 9.17) is 4.74 Å². The van der Waals surface area contributed by atoms with E-state index in [1.165, 1.54) is 0 Å². The first-order valence-electron chi connectivity index (χ1n) is 7.91. The third-order valence-corrected chi connectivity index (χ3v) is 3.51. The Morgan fingerprint density at radius 3 is 2.46 bits per heavy atom. The van der Waals surface area contributed by atoms with Crippen molar-refractivity contribution in [3.8, 4) is 0 Å². The maximum Gasteiger partial charge on any atom is 0.321 e. The van der Waals surface area contributed by atoms with Crippen molar-refractivity contribution < 1.29 is 19.4 Å². The maximum atomic E-state index is 11.8. The van der Waals surface area contributed by atoms with Gasteiger partial charge in [0.2, 0.25) is 0 Å². The molecule has 0 spiro atoms. The lowest BCUT2D eigenvalue weighted by atomic mass is 9.99. The first kappa shape index (κ1) is 17.9. The van der Waals surface area contributed by atoms with Crippen LogP contribution in [0.25, 0.3) is 10.8 Å². The zero-order chi connectivity index (χ0) is 17.7. The molecule has 0 saturated heterocycles. The number of esters is 1. The summed E-state index contributed by atoms with van der Waals surface area (Å²) >= 11 is 0. The molecule has 0 aliphatic heterocycles. The SMILES string of the molecule is CC(C)(C)OC(=O)CN[C@H](Cc1cccc2ccccc12)C(=O)O. The third-order valence-electron chi connectivity index (χ3n) is 3.51. The van der Waals surface area contributed by atoms with Crippen LogP contribution in [0.2, 0.25) is 0 Å². The van der Waals surface area contributed by atoms with Gasteiger partial charge >= 0.3 is 11.9 Å². The predicted octanol–water partition coefficient (Wildman–Crippen LogP) is 2.77. The van der Waals surface area contributed by atoms with Crippen LogP contribution >= 0.6 is 0 Å². The average Bonchev–Trinajstić information content (AvgIpc) is 2.49. The second-order valence-corrected chi connectivity index (χ2v) is 6.70. The number of ether oxygens (including phenoxy) is 1. The van der Waals surface area contributed by atoms with Crippen LogP contribution in [0, 0.1) is 0 Å². The lowest BCUT2D eigenvalue weighted by Crippen LogP contribution is -2.42. The highest BCUT2D eigenvalue weighted by Crippen LogP contribution is 2.20. The number of fused-ring (bicyclic) bond motifs is 1. The van der Waals surface area contributed by atoms with E-state index in [1.807, 2.05) is 42.5 Å². The molecule has 0 fully saturated rings. The molecule has 1 atom stereocenters. The molecule has 0 radical (unpaired) electrons. The standard InChI is InChI=1S/C19H23NO4/c1-19(2,3)24-17(21)12-20-16(18(22)23)11-14-9-6-8-13-7-4-5-10-15(13)14/h4-10,16,20H,11-12H2,1-3H3,(H,22,23)/t16-/m1/s1. The molecule has 2 aromatic rings. The van der Waals surface area contributed by atoms with Crippen LogP contribution in [0.1, 0.15) is 26.3 Å². The summed E-state index contributed by atoms with van der Waals surface area (Å²) in [7, 11) is 0. The number of hydrogen-bond acceptors (Lipinski definition) is 4. The lowest BCUT2D eigenvalue weighted by Gasteiger charge is -2.21. The normalized spacial score (nSPS) is 12.8. The van der Waals surface area contributed by atoms with Gasteiger partial charge in [-0.05, 0) is 43.5 Å². The van der Waals surface area contributed by atoms with Gasteiger partial charge in [-0.1, -0.05) is 42.5 Å². The zero-order valence-electron chi connectivity index (χ0n) is 14.2. The maximum absolute atomic E-state index is 11.8. The van der Waals surface area contributed by atoms with Crippen molar-refractivity contribution in [2.45, 2.75) is 38.8 Å². The molecule has 2 aromatic carbocycles. The van der Waals surface area contributed by atoms with E-state index in [0.29, 0.717) is 6.42 Å². The fraction of sp³-hybridized carbons (Fsp3) is 0.368. The minimum Gasteiger partial charge on any atom is -0.480 e. The molecule has 0 amide bonds. The number of nitrogens with one attached hydrogen (secondary N) is 1. The van der Waals surface area contributed by atoms with E-state index >= 15 is 0 Å². The van der Waals surface area contributed by atoms with Gasteiger partial charge in [-0.2, -0.15) is 0 Å². The summed E-state index contributed by atoms with van der Waals surface area (Å²) in [5.74, 6) is -1.46. The van der Waals surface area contributed by atoms with Crippen LogP contribution < -0.4 is 5.32 Å². The number of aliphatic carboxylic acids is 1. The molecular weight excluding hydrogens is 306 g/mol. The van der Waals surface area contributed by atoms with Crippen LogP contribution in [0.5, 0.6) is 0 Å². The van der Waals surface area contributed by atoms with Gasteiger partial charge in [0.05, 0.1) is 6.54 Å². The summed E-state index contributed by atoms with van der Waals surface area (Å²) in [6, 6.07) is 12.8. The summed E-state index contributed by atoms with van der Waals surface area (Å²) in [6.45, 7) is 5.18. The molecule has 0 aliphatic rings. The highest BCUT2D eigenvalue weighted by Gasteiger charge is 2.22. The Balaban J connectivity index is 2.08. The fourth-order valence-corrected chi connectivity index (χ4v) is 2.52. The monoisotopic (exact) mass is 329 g/mol. The summed E-state index contributed by atoms with van der Waals surface area (Å²) in [6.07, 6.45) is 0.291. The van der Waals surface area contributed by atoms with E-state index in [2.05, 4.69) is 5.32 Å². The van der Waals surface area contributed by atoms with Gasteiger partial charge in [0.1, 0.15) is 11.6 Å². The van der Waals surface area contributed by atoms with Crippen molar-refractivity contribution >= 4 is 22.7 Å². The van der Waals surface area contributed by atoms with Gasteiger partial charge in [0.15, 0.2) is 0 Å². The van der Waals surface area contributed by atoms with Crippen molar-refractivity contribution in [3.63, 3.8) is 0 Å². The highest BCUT2D eigenvalue weighted by molar-refractivity contribution is 5.86. The van der Waals surface area contributed by atoms with E-state index in [9.17, 15) is 14.7 Å². The van der Waals surface area contributed by atoms with E-state index in [0.717, 1.165) is 16.3 Å². The second kappa shape index (κ2) is 7.45. The molecule has 128 valence electrons. The zero-order valence-corrected chi connectivity index (χ0v) is 14.2. The topological polar surface area (TPSA) is 75.6 Å². The lowest BCUT2D eigenvalue weighted by molar-refractivity contribution is -0.154. The number of carboxylic acids is 1. The number of carbonyl (C=O) groups excluding carboxylic acids is 1. The molecule has 0 aliphatic carbocycles. The average molecular weight is 329 g/mol. The third kappa shape index (κ3) is 5.06. The smallest absolute Gasteiger partial charge is 0.321 e. The van der Waals surface area contributed by atoms with Gasteiger partial charge in [0.25, 0.3) is 0 Å². The Labute approximate surface area is 141 Å². The molecule has 0 heterocycles. The Morgan fingerprint density at radius 1 is 1.12 bits per heavy atom. The largest absolute Gasteiger partial charge is 0.480 e. The van der Waals surface area contributed by atoms with Crippen LogP contribution in [-0.4, -0.2) is 35.2 Å². The van der Waals surface area contributed by atoms with Crippen LogP contribution in [0.15, 0.2) is 42.5 Å². The Bertz CT molecular complexity index is 728. The predicted molar refractivity (Wildman–Crippen MR) is 92.9 cm³/mol. The van der Waals surface area contributed by atoms with Gasteiger partial charge < -0.3 is 9.84 Å². The van der Waals surface area contributed by atoms with Crippen molar-refractivity contribution in [1.29, 1.82) is 0 Å². The van der Waals surface area contributed by atoms with E-state index in [-0.39, 0.29) is 6.54 Å². The molecule has 0 aromatic heterocycles. The molecular formula is C19H23NO4. The second-order valence-electron chi connectivity index (χ2n) is 6.70. The van der Waals surface area contributed by atoms with Crippen LogP contribution in [-0.2, 0) is 20.7 Å². The van der Waals surface area contributed by atoms with Crippen molar-refractivity contribution in [2.75, 3.05) is 6.54 Å². The first-order valence-corrected chi connectivity index (χ1v) is 7.91. The van der Waals surface area contributed by atoms with Crippen LogP contribution in [0.3, 0.4) is 0 Å². The van der Waals surface area contributed by atoms with E-state index in [1.54, 1.807) is 20.8 Å². The fourth-order valence-electron chi connectivity index (χ4n) is 2.52. The quantitative estimate of drug-likeness (QED) is 0.797. The summed E-state index contributed by atoms with van der Waals surface area (Å²) < 4.78 is 5.19. The van der Waals surface area contributed by atoms with Crippen molar-refractivity contribution in [2.24, 2.45) is 0 Å². The first-order chi connectivity index (χ1) is 11.3. The van der Waals surface area contributed by atoms with Gasteiger partial charge in [0, 0.05) is 0 Å². The number of rotatable bonds is 6. The molecule has 5 nitrogen and oxygen atoms in total. The van der Waals surface area contributed by atoms with Gasteiger partial charge in [-0.15, -0.1) is 0 Å². The molecule has 2 rings (SSSR count). The molecule has 5 heteroatoms. The van der Waals surface area contributed by atoms with E-state index < -0.39 is 23.6 Å². The van der Waals surface area contributed by atoms with Gasteiger partial charge in [-0.3, -0.25) is 14.9 Å². The Morgan fingerprint density at radius 2 is 1.79 bits per heavy atom. The molecule has 24 heavy (non-hydrogen) atoms. The van der Waals surface area contributed by atoms with Crippen molar-refractivity contribution in [1.82, 2.24) is 5.32 Å². The number of carboxylic acid groups (broad SMARTS) is 1. The molecule has 0 saturated carbocycles. The van der Waals surface area contributed by atoms with Crippen molar-refractivity contribution in [3.05, 3.63) is 48.0 Å². The van der Waals surface area contributed by atoms with Gasteiger partial charge in [-0.25, -0.2) is 0 Å². The summed E-state index contributed by atoms with van der Waals surface area (Å²) in [5, 5.41) is 14.3. The number of benzene rings is 2. The molecule has 0 unspecified atom stereocenters. The summed E-state index contributed by atoms with van der Waals surface area (Å²) in [5.41, 5.74) is 0.338. The highest BCUT2D eigenvalue weighted by atomic mass is 16.6. The minimum absolute atomic E-state index is 0.140. The number of hydrogen-bond donors (Lipinski definition) is 2. The Hall–Kier alpha value is -2.40. The van der Waals surface area contributed by atoms with Crippen LogP contribution in [0.4, 0.5) is 0 Å². The summed E-state index contributed by atoms with van der Waals surface area (Å²) in [4.78, 5) is 23.3. The number of carbonyl (C=O) groups is 2. The Kier molecular flexibility index (Phi) is 5.57. The molecule has 0 bridgehead atoms. The minimum atomic E-state index is -0.994. The molecule has 2 N–H and O–H groups in total.